The molecule has 0 atom stereocenters. The van der Waals surface area contributed by atoms with Gasteiger partial charge in [-0.3, -0.25) is 14.6 Å². The molecule has 172 valence electrons. The molecule has 1 aromatic heterocycles. The SMILES string of the molecule is Cc1cc(CN2CCN(CC(=O)NC3(c4ccc5c(c4)OCCO5)CCCC3)CC2)no1. The Morgan fingerprint density at radius 3 is 2.47 bits per heavy atom. The fraction of sp³-hybridized carbons (Fsp3) is 0.583. The van der Waals surface area contributed by atoms with E-state index >= 15 is 0 Å². The van der Waals surface area contributed by atoms with Crippen molar-refractivity contribution < 1.29 is 18.8 Å². The van der Waals surface area contributed by atoms with Gasteiger partial charge in [-0.1, -0.05) is 24.1 Å². The second kappa shape index (κ2) is 9.11. The van der Waals surface area contributed by atoms with Crippen LogP contribution in [0.2, 0.25) is 0 Å². The zero-order valence-corrected chi connectivity index (χ0v) is 18.8. The van der Waals surface area contributed by atoms with E-state index in [9.17, 15) is 4.79 Å². The molecule has 8 heteroatoms. The lowest BCUT2D eigenvalue weighted by Crippen LogP contribution is -2.52. The number of aromatic nitrogens is 1. The first-order chi connectivity index (χ1) is 15.6. The van der Waals surface area contributed by atoms with Crippen molar-refractivity contribution >= 4 is 5.91 Å². The van der Waals surface area contributed by atoms with E-state index in [-0.39, 0.29) is 11.4 Å². The van der Waals surface area contributed by atoms with Gasteiger partial charge in [-0.15, -0.1) is 0 Å². The molecule has 0 spiro atoms. The molecule has 2 fully saturated rings. The number of hydrogen-bond acceptors (Lipinski definition) is 7. The number of amides is 1. The van der Waals surface area contributed by atoms with Crippen LogP contribution in [-0.4, -0.2) is 66.8 Å². The molecule has 2 aliphatic heterocycles. The maximum atomic E-state index is 13.1. The van der Waals surface area contributed by atoms with Gasteiger partial charge >= 0.3 is 0 Å². The minimum Gasteiger partial charge on any atom is -0.486 e. The van der Waals surface area contributed by atoms with E-state index in [2.05, 4.69) is 32.4 Å². The number of piperazine rings is 1. The van der Waals surface area contributed by atoms with Crippen LogP contribution >= 0.6 is 0 Å². The Labute approximate surface area is 188 Å². The third-order valence-electron chi connectivity index (χ3n) is 6.83. The summed E-state index contributed by atoms with van der Waals surface area (Å²) < 4.78 is 16.6. The standard InChI is InChI=1S/C24H32N4O4/c1-18-14-20(26-32-18)16-27-8-10-28(11-9-27)17-23(29)25-24(6-2-3-7-24)19-4-5-21-22(15-19)31-13-12-30-21/h4-5,14-15H,2-3,6-13,16-17H2,1H3,(H,25,29). The lowest BCUT2D eigenvalue weighted by molar-refractivity contribution is -0.124. The van der Waals surface area contributed by atoms with Crippen LogP contribution < -0.4 is 14.8 Å². The summed E-state index contributed by atoms with van der Waals surface area (Å²) in [5, 5.41) is 7.49. The first kappa shape index (κ1) is 21.3. The number of aryl methyl sites for hydroxylation is 1. The molecule has 1 N–H and O–H groups in total. The van der Waals surface area contributed by atoms with Gasteiger partial charge in [-0.25, -0.2) is 0 Å². The highest BCUT2D eigenvalue weighted by Gasteiger charge is 2.38. The van der Waals surface area contributed by atoms with Gasteiger partial charge in [-0.2, -0.15) is 0 Å². The second-order valence-corrected chi connectivity index (χ2v) is 9.18. The molecule has 2 aromatic rings. The highest BCUT2D eigenvalue weighted by Crippen LogP contribution is 2.42. The number of carbonyl (C=O) groups excluding carboxylic acids is 1. The minimum atomic E-state index is -0.306. The Balaban J connectivity index is 1.17. The van der Waals surface area contributed by atoms with Crippen molar-refractivity contribution in [2.75, 3.05) is 45.9 Å². The molecule has 32 heavy (non-hydrogen) atoms. The van der Waals surface area contributed by atoms with Crippen molar-refractivity contribution in [2.45, 2.75) is 44.7 Å². The van der Waals surface area contributed by atoms with Crippen LogP contribution in [0, 0.1) is 6.92 Å². The number of ether oxygens (including phenoxy) is 2. The van der Waals surface area contributed by atoms with Crippen molar-refractivity contribution in [1.82, 2.24) is 20.3 Å². The molecule has 1 aliphatic carbocycles. The van der Waals surface area contributed by atoms with E-state index in [1.165, 1.54) is 0 Å². The predicted molar refractivity (Wildman–Crippen MR) is 119 cm³/mol. The summed E-state index contributed by atoms with van der Waals surface area (Å²) in [4.78, 5) is 17.7. The number of carbonyl (C=O) groups is 1. The maximum Gasteiger partial charge on any atom is 0.234 e. The molecule has 3 aliphatic rings. The zero-order chi connectivity index (χ0) is 22.0. The first-order valence-electron chi connectivity index (χ1n) is 11.7. The molecule has 0 unspecified atom stereocenters. The van der Waals surface area contributed by atoms with E-state index in [1.807, 2.05) is 19.1 Å². The summed E-state index contributed by atoms with van der Waals surface area (Å²) in [6, 6.07) is 8.11. The van der Waals surface area contributed by atoms with Crippen LogP contribution in [0.3, 0.4) is 0 Å². The van der Waals surface area contributed by atoms with Gasteiger partial charge in [0.25, 0.3) is 0 Å². The van der Waals surface area contributed by atoms with Crippen LogP contribution in [0.4, 0.5) is 0 Å². The lowest BCUT2D eigenvalue weighted by Gasteiger charge is -2.36. The minimum absolute atomic E-state index is 0.0994. The fourth-order valence-electron chi connectivity index (χ4n) is 5.14. The number of benzene rings is 1. The Bertz CT molecular complexity index is 945. The third kappa shape index (κ3) is 4.61. The van der Waals surface area contributed by atoms with Crippen LogP contribution in [0.15, 0.2) is 28.8 Å². The molecule has 1 saturated carbocycles. The molecule has 3 heterocycles. The quantitative estimate of drug-likeness (QED) is 0.739. The van der Waals surface area contributed by atoms with Gasteiger partial charge in [0.15, 0.2) is 11.5 Å². The molecular formula is C24H32N4O4. The molecule has 1 aromatic carbocycles. The van der Waals surface area contributed by atoms with E-state index in [0.29, 0.717) is 19.8 Å². The summed E-state index contributed by atoms with van der Waals surface area (Å²) in [7, 11) is 0. The number of nitrogens with zero attached hydrogens (tertiary/aromatic N) is 3. The average molecular weight is 441 g/mol. The summed E-state index contributed by atoms with van der Waals surface area (Å²) in [5.41, 5.74) is 1.79. The van der Waals surface area contributed by atoms with Gasteiger partial charge in [0, 0.05) is 38.8 Å². The molecule has 0 radical (unpaired) electrons. The molecule has 8 nitrogen and oxygen atoms in total. The molecule has 1 saturated heterocycles. The Hall–Kier alpha value is -2.58. The smallest absolute Gasteiger partial charge is 0.234 e. The van der Waals surface area contributed by atoms with Crippen molar-refractivity contribution in [3.05, 3.63) is 41.3 Å². The van der Waals surface area contributed by atoms with Crippen LogP contribution in [-0.2, 0) is 16.9 Å². The first-order valence-corrected chi connectivity index (χ1v) is 11.7. The van der Waals surface area contributed by atoms with E-state index in [1.54, 1.807) is 0 Å². The van der Waals surface area contributed by atoms with E-state index in [0.717, 1.165) is 86.9 Å². The number of fused-ring (bicyclic) bond motifs is 1. The van der Waals surface area contributed by atoms with Crippen LogP contribution in [0.25, 0.3) is 0 Å². The molecule has 5 rings (SSSR count). The van der Waals surface area contributed by atoms with E-state index in [4.69, 9.17) is 14.0 Å². The fourth-order valence-corrected chi connectivity index (χ4v) is 5.14. The predicted octanol–water partition coefficient (Wildman–Crippen LogP) is 2.46. The number of rotatable bonds is 6. The van der Waals surface area contributed by atoms with Gasteiger partial charge in [0.05, 0.1) is 17.8 Å². The van der Waals surface area contributed by atoms with Gasteiger partial charge in [0.1, 0.15) is 19.0 Å². The number of nitrogens with one attached hydrogen (secondary N) is 1. The van der Waals surface area contributed by atoms with Gasteiger partial charge < -0.3 is 19.3 Å². The van der Waals surface area contributed by atoms with Crippen LogP contribution in [0.1, 0.15) is 42.7 Å². The van der Waals surface area contributed by atoms with E-state index < -0.39 is 0 Å². The second-order valence-electron chi connectivity index (χ2n) is 9.18. The summed E-state index contributed by atoms with van der Waals surface area (Å²) >= 11 is 0. The zero-order valence-electron chi connectivity index (χ0n) is 18.8. The largest absolute Gasteiger partial charge is 0.486 e. The third-order valence-corrected chi connectivity index (χ3v) is 6.83. The van der Waals surface area contributed by atoms with Crippen molar-refractivity contribution in [1.29, 1.82) is 0 Å². The highest BCUT2D eigenvalue weighted by molar-refractivity contribution is 5.79. The summed E-state index contributed by atoms with van der Waals surface area (Å²) in [6.07, 6.45) is 4.16. The monoisotopic (exact) mass is 440 g/mol. The van der Waals surface area contributed by atoms with Crippen molar-refractivity contribution in [2.24, 2.45) is 0 Å². The average Bonchev–Trinajstić information content (AvgIpc) is 3.44. The van der Waals surface area contributed by atoms with Gasteiger partial charge in [0.2, 0.25) is 5.91 Å². The van der Waals surface area contributed by atoms with Crippen LogP contribution in [0.5, 0.6) is 11.5 Å². The topological polar surface area (TPSA) is 80.1 Å². The summed E-state index contributed by atoms with van der Waals surface area (Å²) in [6.45, 7) is 7.89. The molecule has 1 amide bonds. The summed E-state index contributed by atoms with van der Waals surface area (Å²) in [5.74, 6) is 2.52. The van der Waals surface area contributed by atoms with Crippen molar-refractivity contribution in [3.8, 4) is 11.5 Å². The lowest BCUT2D eigenvalue weighted by atomic mass is 9.87. The Kier molecular flexibility index (Phi) is 6.06. The number of hydrogen-bond donors (Lipinski definition) is 1. The molecular weight excluding hydrogens is 408 g/mol. The highest BCUT2D eigenvalue weighted by atomic mass is 16.6. The van der Waals surface area contributed by atoms with Crippen molar-refractivity contribution in [3.63, 3.8) is 0 Å². The normalized spacial score (nSPS) is 20.9. The molecule has 0 bridgehead atoms. The Morgan fingerprint density at radius 1 is 1.03 bits per heavy atom. The maximum absolute atomic E-state index is 13.1. The van der Waals surface area contributed by atoms with Gasteiger partial charge in [-0.05, 0) is 37.5 Å². The Morgan fingerprint density at radius 2 is 1.75 bits per heavy atom.